The van der Waals surface area contributed by atoms with Gasteiger partial charge in [0.05, 0.1) is 19.8 Å². The Morgan fingerprint density at radius 3 is 2.44 bits per heavy atom. The number of rotatable bonds is 4. The number of halogens is 3. The Hall–Kier alpha value is -2.07. The number of carbonyl (C=O) groups is 1. The summed E-state index contributed by atoms with van der Waals surface area (Å²) in [6.45, 7) is 1.32. The summed E-state index contributed by atoms with van der Waals surface area (Å²) in [5.41, 5.74) is -3.25. The number of hydrogen-bond acceptors (Lipinski definition) is 5. The number of methoxy groups -OCH3 is 1. The lowest BCUT2D eigenvalue weighted by Gasteiger charge is -2.45. The molecule has 1 aliphatic heterocycles. The monoisotopic (exact) mass is 378 g/mol. The van der Waals surface area contributed by atoms with Gasteiger partial charge in [0, 0.05) is 0 Å². The van der Waals surface area contributed by atoms with E-state index in [2.05, 4.69) is 5.32 Å². The Kier molecular flexibility index (Phi) is 5.43. The van der Waals surface area contributed by atoms with Crippen LogP contribution in [0, 0.1) is 5.92 Å². The summed E-state index contributed by atoms with van der Waals surface area (Å²) >= 11 is 4.79. The molecule has 138 valence electrons. The number of carbonyl (C=O) groups excluding carboxylic acids is 1. The summed E-state index contributed by atoms with van der Waals surface area (Å²) in [6.07, 6.45) is -5.17. The van der Waals surface area contributed by atoms with Gasteiger partial charge in [0.15, 0.2) is 5.11 Å². The van der Waals surface area contributed by atoms with Gasteiger partial charge in [0.25, 0.3) is 5.72 Å². The van der Waals surface area contributed by atoms with Gasteiger partial charge in [-0.3, -0.25) is 4.79 Å². The summed E-state index contributed by atoms with van der Waals surface area (Å²) in [5.74, 6) is -2.72. The minimum atomic E-state index is -5.17. The molecule has 0 aromatic heterocycles. The van der Waals surface area contributed by atoms with Crippen molar-refractivity contribution in [3.63, 3.8) is 0 Å². The van der Waals surface area contributed by atoms with Crippen molar-refractivity contribution in [2.75, 3.05) is 13.7 Å². The Labute approximate surface area is 147 Å². The van der Waals surface area contributed by atoms with Crippen LogP contribution in [0.1, 0.15) is 18.5 Å². The van der Waals surface area contributed by atoms with E-state index < -0.39 is 34.9 Å². The quantitative estimate of drug-likeness (QED) is 0.543. The Morgan fingerprint density at radius 2 is 1.96 bits per heavy atom. The van der Waals surface area contributed by atoms with Crippen LogP contribution in [0.4, 0.5) is 13.2 Å². The number of hydrogen-bond donors (Lipinski definition) is 3. The van der Waals surface area contributed by atoms with Gasteiger partial charge in [-0.05, 0) is 36.8 Å². The molecule has 0 bridgehead atoms. The summed E-state index contributed by atoms with van der Waals surface area (Å²) < 4.78 is 50.4. The molecule has 3 N–H and O–H groups in total. The van der Waals surface area contributed by atoms with Crippen LogP contribution in [0.15, 0.2) is 24.3 Å². The number of aliphatic hydroxyl groups is 1. The predicted molar refractivity (Wildman–Crippen MR) is 85.7 cm³/mol. The van der Waals surface area contributed by atoms with Crippen LogP contribution in [0.3, 0.4) is 0 Å². The molecule has 0 saturated carbocycles. The second-order valence-corrected chi connectivity index (χ2v) is 5.75. The summed E-state index contributed by atoms with van der Waals surface area (Å²) in [4.78, 5) is 12.2. The van der Waals surface area contributed by atoms with E-state index in [-0.39, 0.29) is 6.61 Å². The number of nitrogens with one attached hydrogen (secondary N) is 2. The number of alkyl halides is 3. The van der Waals surface area contributed by atoms with Crippen molar-refractivity contribution in [2.45, 2.75) is 24.9 Å². The molecule has 1 saturated heterocycles. The van der Waals surface area contributed by atoms with Gasteiger partial charge >= 0.3 is 12.1 Å². The molecule has 0 unspecified atom stereocenters. The van der Waals surface area contributed by atoms with Gasteiger partial charge in [-0.25, -0.2) is 0 Å². The van der Waals surface area contributed by atoms with Crippen LogP contribution in [0.25, 0.3) is 0 Å². The van der Waals surface area contributed by atoms with E-state index in [9.17, 15) is 23.1 Å². The van der Waals surface area contributed by atoms with Crippen molar-refractivity contribution in [1.29, 1.82) is 0 Å². The van der Waals surface area contributed by atoms with Gasteiger partial charge in [-0.15, -0.1) is 0 Å². The maximum absolute atomic E-state index is 13.5. The molecule has 6 nitrogen and oxygen atoms in total. The highest BCUT2D eigenvalue weighted by Crippen LogP contribution is 2.43. The Bertz CT molecular complexity index is 653. The second kappa shape index (κ2) is 7.04. The van der Waals surface area contributed by atoms with Crippen LogP contribution in [-0.4, -0.2) is 41.8 Å². The van der Waals surface area contributed by atoms with E-state index in [1.165, 1.54) is 38.3 Å². The fourth-order valence-corrected chi connectivity index (χ4v) is 2.91. The van der Waals surface area contributed by atoms with Crippen molar-refractivity contribution < 1.29 is 32.5 Å². The summed E-state index contributed by atoms with van der Waals surface area (Å²) in [7, 11) is 1.44. The molecule has 0 amide bonds. The first-order chi connectivity index (χ1) is 11.6. The molecular formula is C15H17F3N2O4S. The average molecular weight is 378 g/mol. The number of benzene rings is 1. The summed E-state index contributed by atoms with van der Waals surface area (Å²) in [5, 5.41) is 14.2. The van der Waals surface area contributed by atoms with Crippen LogP contribution >= 0.6 is 12.2 Å². The molecular weight excluding hydrogens is 361 g/mol. The number of esters is 1. The van der Waals surface area contributed by atoms with E-state index >= 15 is 0 Å². The fraction of sp³-hybridized carbons (Fsp3) is 0.467. The first-order valence-corrected chi connectivity index (χ1v) is 7.73. The number of thiocarbonyl (C=S) groups is 1. The van der Waals surface area contributed by atoms with Gasteiger partial charge in [-0.2, -0.15) is 13.2 Å². The molecule has 1 aromatic carbocycles. The van der Waals surface area contributed by atoms with Crippen molar-refractivity contribution in [3.05, 3.63) is 29.8 Å². The third kappa shape index (κ3) is 3.64. The molecule has 10 heteroatoms. The lowest BCUT2D eigenvalue weighted by Crippen LogP contribution is -2.73. The van der Waals surface area contributed by atoms with Crippen molar-refractivity contribution in [1.82, 2.24) is 10.6 Å². The molecule has 25 heavy (non-hydrogen) atoms. The Morgan fingerprint density at radius 1 is 1.36 bits per heavy atom. The van der Waals surface area contributed by atoms with E-state index in [4.69, 9.17) is 21.7 Å². The van der Waals surface area contributed by atoms with Crippen LogP contribution in [-0.2, 0) is 9.53 Å². The zero-order valence-electron chi connectivity index (χ0n) is 13.4. The zero-order valence-corrected chi connectivity index (χ0v) is 14.2. The van der Waals surface area contributed by atoms with Crippen LogP contribution < -0.4 is 15.4 Å². The lowest BCUT2D eigenvalue weighted by atomic mass is 9.82. The third-order valence-electron chi connectivity index (χ3n) is 3.82. The molecule has 3 atom stereocenters. The van der Waals surface area contributed by atoms with E-state index in [0.29, 0.717) is 11.3 Å². The van der Waals surface area contributed by atoms with Gasteiger partial charge in [-0.1, -0.05) is 12.1 Å². The SMILES string of the molecule is CCOC(=O)[C@@H]1[C@@H](c2ccc(OC)cc2)NC(=S)N[C@@]1(O)C(F)(F)F. The van der Waals surface area contributed by atoms with Crippen LogP contribution in [0.5, 0.6) is 5.75 Å². The molecule has 2 rings (SSSR count). The standard InChI is InChI=1S/C15H17F3N2O4S/c1-3-24-12(21)10-11(8-4-6-9(23-2)7-5-8)19-13(25)20-14(10,22)15(16,17)18/h4-7,10-11,22H,3H2,1-2H3,(H2,19,20,25)/t10-,11+,14-/m0/s1. The molecule has 1 aromatic rings. The molecule has 0 spiro atoms. The third-order valence-corrected chi connectivity index (χ3v) is 4.04. The molecule has 0 radical (unpaired) electrons. The van der Waals surface area contributed by atoms with Crippen molar-refractivity contribution in [3.8, 4) is 5.75 Å². The summed E-state index contributed by atoms with van der Waals surface area (Å²) in [6, 6.07) is 4.76. The smallest absolute Gasteiger partial charge is 0.437 e. The van der Waals surface area contributed by atoms with Crippen molar-refractivity contribution in [2.24, 2.45) is 5.92 Å². The van der Waals surface area contributed by atoms with Crippen LogP contribution in [0.2, 0.25) is 0 Å². The van der Waals surface area contributed by atoms with E-state index in [1.54, 1.807) is 5.32 Å². The largest absolute Gasteiger partial charge is 0.497 e. The molecule has 1 aliphatic rings. The molecule has 0 aliphatic carbocycles. The highest BCUT2D eigenvalue weighted by molar-refractivity contribution is 7.80. The zero-order chi connectivity index (χ0) is 18.8. The minimum Gasteiger partial charge on any atom is -0.497 e. The van der Waals surface area contributed by atoms with Gasteiger partial charge in [0.1, 0.15) is 11.7 Å². The topological polar surface area (TPSA) is 79.8 Å². The second-order valence-electron chi connectivity index (χ2n) is 5.34. The normalized spacial score (nSPS) is 26.4. The number of ether oxygens (including phenoxy) is 2. The van der Waals surface area contributed by atoms with Crippen molar-refractivity contribution >= 4 is 23.3 Å². The molecule has 1 fully saturated rings. The lowest BCUT2D eigenvalue weighted by molar-refractivity contribution is -0.292. The predicted octanol–water partition coefficient (Wildman–Crippen LogP) is 1.64. The Balaban J connectivity index is 2.53. The highest BCUT2D eigenvalue weighted by Gasteiger charge is 2.66. The first-order valence-electron chi connectivity index (χ1n) is 7.32. The van der Waals surface area contributed by atoms with E-state index in [1.807, 2.05) is 0 Å². The fourth-order valence-electron chi connectivity index (χ4n) is 2.63. The van der Waals surface area contributed by atoms with Gasteiger partial charge < -0.3 is 25.2 Å². The minimum absolute atomic E-state index is 0.136. The average Bonchev–Trinajstić information content (AvgIpc) is 2.53. The highest BCUT2D eigenvalue weighted by atomic mass is 32.1. The first kappa shape index (κ1) is 19.3. The maximum atomic E-state index is 13.5. The maximum Gasteiger partial charge on any atom is 0.437 e. The molecule has 1 heterocycles. The van der Waals surface area contributed by atoms with E-state index in [0.717, 1.165) is 0 Å². The van der Waals surface area contributed by atoms with Gasteiger partial charge in [0.2, 0.25) is 0 Å².